The number of hydrogen-bond acceptors (Lipinski definition) is 4. The van der Waals surface area contributed by atoms with Crippen molar-refractivity contribution in [3.05, 3.63) is 29.7 Å². The molecule has 1 N–H and O–H groups in total. The maximum atomic E-state index is 13.5. The summed E-state index contributed by atoms with van der Waals surface area (Å²) in [4.78, 5) is 14.5. The topological polar surface area (TPSA) is 68.0 Å². The fraction of sp³-hybridized carbons (Fsp3) is 0.632. The van der Waals surface area contributed by atoms with E-state index in [-0.39, 0.29) is 24.4 Å². The fourth-order valence-electron chi connectivity index (χ4n) is 4.25. The van der Waals surface area contributed by atoms with E-state index in [2.05, 4.69) is 15.5 Å². The minimum atomic E-state index is -4.36. The lowest BCUT2D eigenvalue weighted by molar-refractivity contribution is -0.173. The first-order valence-corrected chi connectivity index (χ1v) is 9.94. The lowest BCUT2D eigenvalue weighted by atomic mass is 10.1. The van der Waals surface area contributed by atoms with Crippen LogP contribution in [0.3, 0.4) is 0 Å². The number of carbonyl (C=O) groups excluding carboxylic acids is 1. The zero-order valence-electron chi connectivity index (χ0n) is 16.5. The third-order valence-electron chi connectivity index (χ3n) is 5.64. The predicted octanol–water partition coefficient (Wildman–Crippen LogP) is 3.45. The molecular formula is C19H25F3N6O. The highest BCUT2D eigenvalue weighted by atomic mass is 19.4. The largest absolute Gasteiger partial charge is 0.410 e. The van der Waals surface area contributed by atoms with E-state index in [1.54, 1.807) is 22.6 Å². The summed E-state index contributed by atoms with van der Waals surface area (Å²) in [6.45, 7) is 4.69. The number of likely N-dealkylation sites (tertiary alicyclic amines) is 1. The molecule has 1 fully saturated rings. The first-order valence-electron chi connectivity index (χ1n) is 9.94. The van der Waals surface area contributed by atoms with Gasteiger partial charge >= 0.3 is 6.18 Å². The van der Waals surface area contributed by atoms with Gasteiger partial charge in [-0.3, -0.25) is 9.48 Å². The van der Waals surface area contributed by atoms with Gasteiger partial charge in [-0.1, -0.05) is 0 Å². The maximum absolute atomic E-state index is 13.5. The number of amides is 1. The molecule has 7 nitrogen and oxygen atoms in total. The summed E-state index contributed by atoms with van der Waals surface area (Å²) in [5.41, 5.74) is 1.41. The molecule has 0 radical (unpaired) electrons. The van der Waals surface area contributed by atoms with Crippen LogP contribution in [-0.4, -0.2) is 49.1 Å². The van der Waals surface area contributed by atoms with Crippen molar-refractivity contribution in [1.29, 1.82) is 0 Å². The zero-order valence-corrected chi connectivity index (χ0v) is 16.5. The Balaban J connectivity index is 1.51. The van der Waals surface area contributed by atoms with Gasteiger partial charge in [0.25, 0.3) is 0 Å². The molecule has 0 bridgehead atoms. The third kappa shape index (κ3) is 3.97. The van der Waals surface area contributed by atoms with E-state index < -0.39 is 12.2 Å². The van der Waals surface area contributed by atoms with Crippen molar-refractivity contribution < 1.29 is 18.0 Å². The number of carbonyl (C=O) groups is 1. The number of halogens is 3. The first-order chi connectivity index (χ1) is 13.7. The molecule has 3 atom stereocenters. The highest BCUT2D eigenvalue weighted by Crippen LogP contribution is 2.41. The van der Waals surface area contributed by atoms with E-state index >= 15 is 0 Å². The van der Waals surface area contributed by atoms with Gasteiger partial charge in [-0.2, -0.15) is 23.4 Å². The lowest BCUT2D eigenvalue weighted by Gasteiger charge is -2.31. The molecule has 10 heteroatoms. The fourth-order valence-corrected chi connectivity index (χ4v) is 4.25. The molecule has 0 aromatic carbocycles. The molecule has 29 heavy (non-hydrogen) atoms. The molecule has 0 spiro atoms. The number of aryl methyl sites for hydroxylation is 2. The number of hydrogen-bond donors (Lipinski definition) is 1. The van der Waals surface area contributed by atoms with E-state index in [9.17, 15) is 18.0 Å². The molecule has 2 aromatic rings. The average Bonchev–Trinajstić information content (AvgIpc) is 3.36. The van der Waals surface area contributed by atoms with Gasteiger partial charge in [0.15, 0.2) is 6.04 Å². The van der Waals surface area contributed by atoms with Crippen LogP contribution in [0, 0.1) is 6.92 Å². The minimum Gasteiger partial charge on any atom is -0.368 e. The molecule has 1 saturated heterocycles. The van der Waals surface area contributed by atoms with E-state index in [1.807, 2.05) is 19.2 Å². The third-order valence-corrected chi connectivity index (χ3v) is 5.64. The van der Waals surface area contributed by atoms with Crippen molar-refractivity contribution >= 4 is 11.7 Å². The Hall–Kier alpha value is -2.52. The van der Waals surface area contributed by atoms with Gasteiger partial charge in [0.1, 0.15) is 5.82 Å². The van der Waals surface area contributed by atoms with E-state index in [0.717, 1.165) is 16.8 Å². The van der Waals surface area contributed by atoms with Crippen molar-refractivity contribution in [2.45, 2.75) is 70.4 Å². The van der Waals surface area contributed by atoms with Gasteiger partial charge in [0.2, 0.25) is 5.91 Å². The summed E-state index contributed by atoms with van der Waals surface area (Å²) in [6, 6.07) is 1.32. The van der Waals surface area contributed by atoms with Crippen LogP contribution in [0.15, 0.2) is 18.3 Å². The van der Waals surface area contributed by atoms with Crippen molar-refractivity contribution in [3.63, 3.8) is 0 Å². The van der Waals surface area contributed by atoms with Crippen LogP contribution in [0.2, 0.25) is 0 Å². The molecule has 2 aliphatic rings. The second-order valence-corrected chi connectivity index (χ2v) is 7.95. The SMILES string of the molecule is Cc1ccn(CCC(=O)N2CCC[C@H]2c2cc3n(n2)[C@@H](C(F)(F)F)C[C@@H](C)N3)n1. The summed E-state index contributed by atoms with van der Waals surface area (Å²) < 4.78 is 43.2. The molecule has 158 valence electrons. The van der Waals surface area contributed by atoms with Crippen molar-refractivity contribution in [1.82, 2.24) is 24.5 Å². The standard InChI is InChI=1S/C19H25F3N6O/c1-12-5-8-26(24-12)9-6-18(29)27-7-3-4-15(27)14-11-17-23-13(2)10-16(19(20,21)22)28(17)25-14/h5,8,11,13,15-16,23H,3-4,6-7,9-10H2,1-2H3/t13-,15+,16-/m1/s1. The van der Waals surface area contributed by atoms with Crippen molar-refractivity contribution in [2.24, 2.45) is 0 Å². The second kappa shape index (κ2) is 7.38. The lowest BCUT2D eigenvalue weighted by Crippen LogP contribution is -2.38. The number of alkyl halides is 3. The summed E-state index contributed by atoms with van der Waals surface area (Å²) in [6.07, 6.45) is -0.777. The quantitative estimate of drug-likeness (QED) is 0.838. The highest BCUT2D eigenvalue weighted by Gasteiger charge is 2.46. The summed E-state index contributed by atoms with van der Waals surface area (Å²) in [5.74, 6) is 0.340. The highest BCUT2D eigenvalue weighted by molar-refractivity contribution is 5.77. The van der Waals surface area contributed by atoms with E-state index in [4.69, 9.17) is 0 Å². The van der Waals surface area contributed by atoms with Crippen LogP contribution in [0.25, 0.3) is 0 Å². The van der Waals surface area contributed by atoms with Gasteiger partial charge in [-0.05, 0) is 39.2 Å². The Morgan fingerprint density at radius 3 is 2.83 bits per heavy atom. The van der Waals surface area contributed by atoms with Crippen LogP contribution in [-0.2, 0) is 11.3 Å². The molecule has 2 aromatic heterocycles. The molecule has 4 rings (SSSR count). The van der Waals surface area contributed by atoms with E-state index in [1.165, 1.54) is 0 Å². The first kappa shape index (κ1) is 19.8. The van der Waals surface area contributed by atoms with Crippen LogP contribution in [0.1, 0.15) is 56.1 Å². The molecule has 1 amide bonds. The van der Waals surface area contributed by atoms with Crippen molar-refractivity contribution in [2.75, 3.05) is 11.9 Å². The molecule has 2 aliphatic heterocycles. The van der Waals surface area contributed by atoms with Crippen molar-refractivity contribution in [3.8, 4) is 0 Å². The van der Waals surface area contributed by atoms with Gasteiger partial charge in [-0.15, -0.1) is 0 Å². The Labute approximate surface area is 166 Å². The van der Waals surface area contributed by atoms with Crippen LogP contribution < -0.4 is 5.32 Å². The maximum Gasteiger partial charge on any atom is 0.410 e. The Morgan fingerprint density at radius 1 is 1.34 bits per heavy atom. The second-order valence-electron chi connectivity index (χ2n) is 7.95. The summed E-state index contributed by atoms with van der Waals surface area (Å²) >= 11 is 0. The Kier molecular flexibility index (Phi) is 5.04. The number of nitrogens with zero attached hydrogens (tertiary/aromatic N) is 5. The zero-order chi connectivity index (χ0) is 20.8. The molecule has 0 unspecified atom stereocenters. The van der Waals surface area contributed by atoms with E-state index in [0.29, 0.717) is 37.4 Å². The van der Waals surface area contributed by atoms with Gasteiger partial charge in [0, 0.05) is 37.8 Å². The Morgan fingerprint density at radius 2 is 2.14 bits per heavy atom. The minimum absolute atomic E-state index is 0.0275. The molecule has 0 saturated carbocycles. The van der Waals surface area contributed by atoms with Crippen LogP contribution in [0.4, 0.5) is 19.0 Å². The molecule has 0 aliphatic carbocycles. The van der Waals surface area contributed by atoms with Crippen LogP contribution in [0.5, 0.6) is 0 Å². The Bertz CT molecular complexity index is 889. The normalized spacial score (nSPS) is 24.4. The van der Waals surface area contributed by atoms with Gasteiger partial charge in [-0.25, -0.2) is 4.68 Å². The molecule has 4 heterocycles. The number of rotatable bonds is 4. The summed E-state index contributed by atoms with van der Waals surface area (Å²) in [7, 11) is 0. The molecular weight excluding hydrogens is 385 g/mol. The smallest absolute Gasteiger partial charge is 0.368 e. The number of aromatic nitrogens is 4. The average molecular weight is 410 g/mol. The summed E-state index contributed by atoms with van der Waals surface area (Å²) in [5, 5.41) is 11.7. The monoisotopic (exact) mass is 410 g/mol. The van der Waals surface area contributed by atoms with Gasteiger partial charge in [0.05, 0.1) is 17.4 Å². The number of fused-ring (bicyclic) bond motifs is 1. The van der Waals surface area contributed by atoms with Crippen LogP contribution >= 0.6 is 0 Å². The number of anilines is 1. The number of nitrogens with one attached hydrogen (secondary N) is 1. The predicted molar refractivity (Wildman–Crippen MR) is 100 cm³/mol. The van der Waals surface area contributed by atoms with Gasteiger partial charge < -0.3 is 10.2 Å².